The Morgan fingerprint density at radius 3 is 0.979 bits per heavy atom. The second kappa shape index (κ2) is 21.2. The molecule has 0 unspecified atom stereocenters. The zero-order chi connectivity index (χ0) is 65.1. The Hall–Kier alpha value is -11.1. The summed E-state index contributed by atoms with van der Waals surface area (Å²) in [6.45, 7) is 21.0. The van der Waals surface area contributed by atoms with Gasteiger partial charge in [-0.1, -0.05) is 238 Å². The molecule has 0 atom stereocenters. The van der Waals surface area contributed by atoms with Crippen molar-refractivity contribution >= 4 is 123 Å². The van der Waals surface area contributed by atoms with Crippen LogP contribution in [-0.2, 0) is 16.2 Å². The number of hydrogen-bond donors (Lipinski definition) is 0. The third kappa shape index (κ3) is 8.84. The fourth-order valence-electron chi connectivity index (χ4n) is 16.1. The first-order valence-corrected chi connectivity index (χ1v) is 34.0. The maximum atomic E-state index is 2.67. The summed E-state index contributed by atoms with van der Waals surface area (Å²) in [4.78, 5) is 5.34. The van der Waals surface area contributed by atoms with Crippen LogP contribution < -0.4 is 26.2 Å². The normalized spacial score (nSPS) is 13.2. The lowest BCUT2D eigenvalue weighted by molar-refractivity contribution is 0.590. The quantitative estimate of drug-likeness (QED) is 0.148. The molecule has 16 aromatic rings. The Kier molecular flexibility index (Phi) is 12.7. The SMILES string of the molecule is CC(C)(C)c1ccc(N2c3cc(-n4c5ccccc5c5ccccc54)ccc3B3c4ccc(-n5c6ccccc6c6cc7c(cc65)c5ccccc5n7-c5ccccc5)cc4N(c4ccc(C(C)(C)C)cc4-c4ccccc4)c4cc(C(C)(C)C)cc2c43)c(-c2ccccc2)c1. The molecule has 6 heteroatoms. The van der Waals surface area contributed by atoms with E-state index in [0.29, 0.717) is 0 Å². The van der Waals surface area contributed by atoms with Gasteiger partial charge in [0.25, 0.3) is 6.71 Å². The summed E-state index contributed by atoms with van der Waals surface area (Å²) in [6, 6.07) is 108. The minimum Gasteiger partial charge on any atom is -0.311 e. The molecule has 5 heterocycles. The Labute approximate surface area is 562 Å². The van der Waals surface area contributed by atoms with E-state index in [-0.39, 0.29) is 23.0 Å². The van der Waals surface area contributed by atoms with Crippen molar-refractivity contribution in [1.82, 2.24) is 13.7 Å². The molecule has 0 amide bonds. The van der Waals surface area contributed by atoms with Gasteiger partial charge in [-0.25, -0.2) is 0 Å². The van der Waals surface area contributed by atoms with Gasteiger partial charge in [-0.2, -0.15) is 0 Å². The number of benzene rings is 13. The summed E-state index contributed by atoms with van der Waals surface area (Å²) in [5.74, 6) is 0. The fraction of sp³-hybridized carbons (Fsp3) is 0.133. The third-order valence-corrected chi connectivity index (χ3v) is 20.9. The van der Waals surface area contributed by atoms with Gasteiger partial charge in [0.05, 0.1) is 44.5 Å². The molecule has 0 saturated carbocycles. The van der Waals surface area contributed by atoms with Crippen molar-refractivity contribution in [2.75, 3.05) is 9.80 Å². The molecule has 0 saturated heterocycles. The number of rotatable bonds is 7. The minimum absolute atomic E-state index is 0.0989. The van der Waals surface area contributed by atoms with E-state index in [0.717, 1.165) is 45.3 Å². The van der Waals surface area contributed by atoms with E-state index in [1.165, 1.54) is 127 Å². The molecular formula is C90H74BN5. The molecule has 462 valence electrons. The summed E-state index contributed by atoms with van der Waals surface area (Å²) in [5, 5.41) is 7.37. The fourth-order valence-corrected chi connectivity index (χ4v) is 16.1. The Balaban J connectivity index is 0.970. The second-order valence-corrected chi connectivity index (χ2v) is 29.8. The van der Waals surface area contributed by atoms with Crippen molar-refractivity contribution in [3.8, 4) is 39.3 Å². The lowest BCUT2D eigenvalue weighted by atomic mass is 9.33. The molecule has 0 fully saturated rings. The van der Waals surface area contributed by atoms with E-state index in [9.17, 15) is 0 Å². The van der Waals surface area contributed by atoms with Gasteiger partial charge in [0.1, 0.15) is 0 Å². The van der Waals surface area contributed by atoms with E-state index in [4.69, 9.17) is 0 Å². The molecule has 13 aromatic carbocycles. The van der Waals surface area contributed by atoms with Crippen LogP contribution in [0.15, 0.2) is 285 Å². The van der Waals surface area contributed by atoms with Crippen LogP contribution in [0.5, 0.6) is 0 Å². The molecule has 0 aliphatic carbocycles. The van der Waals surface area contributed by atoms with Gasteiger partial charge in [-0.15, -0.1) is 0 Å². The number of aromatic nitrogens is 3. The smallest absolute Gasteiger partial charge is 0.252 e. The lowest BCUT2D eigenvalue weighted by Crippen LogP contribution is -2.61. The standard InChI is InChI=1S/C90H74BN5/c1-88(2,3)59-41-47-79(69(49-59)57-27-13-10-14-28-57)95-83-53-63(93-75-37-23-19-33-65(75)66-34-20-24-38-76(66)93)43-45-73(83)91-74-46-44-64(94-78-40-26-22-36-68(78)72-55-81-71(56-82(72)94)67-35-21-25-39-77(67)92(81)62-31-17-12-18-32-62)54-84(74)96(86-52-61(90(7,8)9)51-85(95)87(86)91)80-48-42-60(89(4,5)6)50-70(80)58-29-15-11-16-30-58/h10-56H,1-9H3. The summed E-state index contributed by atoms with van der Waals surface area (Å²) >= 11 is 0. The van der Waals surface area contributed by atoms with Crippen LogP contribution in [0.1, 0.15) is 79.0 Å². The molecule has 3 aromatic heterocycles. The zero-order valence-electron chi connectivity index (χ0n) is 55.9. The van der Waals surface area contributed by atoms with Crippen LogP contribution >= 0.6 is 0 Å². The Bertz CT molecular complexity index is 5790. The monoisotopic (exact) mass is 1240 g/mol. The van der Waals surface area contributed by atoms with Crippen LogP contribution in [-0.4, -0.2) is 20.4 Å². The van der Waals surface area contributed by atoms with Crippen LogP contribution in [0.2, 0.25) is 0 Å². The number of para-hydroxylation sites is 5. The summed E-state index contributed by atoms with van der Waals surface area (Å²) in [5.41, 5.74) is 29.3. The maximum absolute atomic E-state index is 2.67. The molecular weight excluding hydrogens is 1160 g/mol. The van der Waals surface area contributed by atoms with Crippen LogP contribution in [0.25, 0.3) is 105 Å². The van der Waals surface area contributed by atoms with E-state index in [2.05, 4.69) is 371 Å². The predicted molar refractivity (Wildman–Crippen MR) is 410 cm³/mol. The molecule has 2 aliphatic rings. The maximum Gasteiger partial charge on any atom is 0.252 e. The van der Waals surface area contributed by atoms with Gasteiger partial charge in [0, 0.05) is 83.3 Å². The van der Waals surface area contributed by atoms with Gasteiger partial charge < -0.3 is 23.5 Å². The first-order valence-electron chi connectivity index (χ1n) is 34.0. The summed E-state index contributed by atoms with van der Waals surface area (Å²) < 4.78 is 7.48. The Morgan fingerprint density at radius 2 is 0.583 bits per heavy atom. The lowest BCUT2D eigenvalue weighted by Gasteiger charge is -2.46. The highest BCUT2D eigenvalue weighted by atomic mass is 15.2. The highest BCUT2D eigenvalue weighted by Gasteiger charge is 2.46. The van der Waals surface area contributed by atoms with Crippen LogP contribution in [0.3, 0.4) is 0 Å². The average Bonchev–Trinajstić information content (AvgIpc) is 0.932. The number of nitrogens with zero attached hydrogens (tertiary/aromatic N) is 5. The number of hydrogen-bond acceptors (Lipinski definition) is 2. The Morgan fingerprint density at radius 1 is 0.240 bits per heavy atom. The molecule has 0 N–H and O–H groups in total. The third-order valence-electron chi connectivity index (χ3n) is 20.9. The van der Waals surface area contributed by atoms with E-state index in [1.54, 1.807) is 0 Å². The molecule has 18 rings (SSSR count). The molecule has 0 radical (unpaired) electrons. The van der Waals surface area contributed by atoms with Crippen molar-refractivity contribution < 1.29 is 0 Å². The van der Waals surface area contributed by atoms with Crippen molar-refractivity contribution in [3.05, 3.63) is 302 Å². The van der Waals surface area contributed by atoms with Gasteiger partial charge >= 0.3 is 0 Å². The van der Waals surface area contributed by atoms with Crippen LogP contribution in [0, 0.1) is 0 Å². The second-order valence-electron chi connectivity index (χ2n) is 29.8. The van der Waals surface area contributed by atoms with Gasteiger partial charge in [-0.05, 0) is 170 Å². The van der Waals surface area contributed by atoms with Crippen molar-refractivity contribution in [2.45, 2.75) is 78.6 Å². The largest absolute Gasteiger partial charge is 0.311 e. The summed E-state index contributed by atoms with van der Waals surface area (Å²) in [6.07, 6.45) is 0. The molecule has 0 spiro atoms. The predicted octanol–water partition coefficient (Wildman–Crippen LogP) is 22.3. The highest BCUT2D eigenvalue weighted by molar-refractivity contribution is 7.00. The molecule has 2 aliphatic heterocycles. The average molecular weight is 1240 g/mol. The van der Waals surface area contributed by atoms with Crippen molar-refractivity contribution in [3.63, 3.8) is 0 Å². The van der Waals surface area contributed by atoms with Gasteiger partial charge in [-0.3, -0.25) is 0 Å². The topological polar surface area (TPSA) is 21.3 Å². The highest BCUT2D eigenvalue weighted by Crippen LogP contribution is 2.52. The van der Waals surface area contributed by atoms with Gasteiger partial charge in [0.2, 0.25) is 0 Å². The number of fused-ring (bicyclic) bond motifs is 13. The van der Waals surface area contributed by atoms with E-state index < -0.39 is 0 Å². The van der Waals surface area contributed by atoms with E-state index in [1.807, 2.05) is 0 Å². The first-order chi connectivity index (χ1) is 46.5. The van der Waals surface area contributed by atoms with E-state index >= 15 is 0 Å². The molecule has 96 heavy (non-hydrogen) atoms. The van der Waals surface area contributed by atoms with Crippen LogP contribution in [0.4, 0.5) is 34.1 Å². The van der Waals surface area contributed by atoms with Crippen molar-refractivity contribution in [2.24, 2.45) is 0 Å². The first kappa shape index (κ1) is 57.6. The molecule has 5 nitrogen and oxygen atoms in total. The summed E-state index contributed by atoms with van der Waals surface area (Å²) in [7, 11) is 0. The number of anilines is 6. The van der Waals surface area contributed by atoms with Crippen molar-refractivity contribution in [1.29, 1.82) is 0 Å². The van der Waals surface area contributed by atoms with Gasteiger partial charge in [0.15, 0.2) is 0 Å². The zero-order valence-corrected chi connectivity index (χ0v) is 55.9. The molecule has 0 bridgehead atoms. The minimum atomic E-state index is -0.264.